The third-order valence-corrected chi connectivity index (χ3v) is 2.05. The third-order valence-electron chi connectivity index (χ3n) is 2.05. The SMILES string of the molecule is CN(CCO)c1cccc(C(F)(F)F)c1. The topological polar surface area (TPSA) is 23.5 Å². The number of benzene rings is 1. The molecule has 0 bridgehead atoms. The number of halogens is 3. The van der Waals surface area contributed by atoms with Crippen LogP contribution < -0.4 is 4.90 Å². The molecule has 0 aliphatic carbocycles. The van der Waals surface area contributed by atoms with Crippen LogP contribution in [0.1, 0.15) is 5.56 Å². The van der Waals surface area contributed by atoms with Crippen LogP contribution >= 0.6 is 0 Å². The number of alkyl halides is 3. The summed E-state index contributed by atoms with van der Waals surface area (Å²) in [6.07, 6.45) is -4.32. The lowest BCUT2D eigenvalue weighted by Gasteiger charge is -2.19. The average molecular weight is 219 g/mol. The second-order valence-electron chi connectivity index (χ2n) is 3.19. The smallest absolute Gasteiger partial charge is 0.395 e. The van der Waals surface area contributed by atoms with Crippen LogP contribution in [0.2, 0.25) is 0 Å². The van der Waals surface area contributed by atoms with Gasteiger partial charge in [-0.2, -0.15) is 13.2 Å². The fraction of sp³-hybridized carbons (Fsp3) is 0.400. The van der Waals surface area contributed by atoms with Crippen LogP contribution in [0.5, 0.6) is 0 Å². The van der Waals surface area contributed by atoms with E-state index in [-0.39, 0.29) is 6.61 Å². The number of likely N-dealkylation sites (N-methyl/N-ethyl adjacent to an activating group) is 1. The zero-order chi connectivity index (χ0) is 11.5. The lowest BCUT2D eigenvalue weighted by Crippen LogP contribution is -2.21. The highest BCUT2D eigenvalue weighted by Crippen LogP contribution is 2.31. The van der Waals surface area contributed by atoms with Gasteiger partial charge in [0.25, 0.3) is 0 Å². The van der Waals surface area contributed by atoms with E-state index in [9.17, 15) is 13.2 Å². The van der Waals surface area contributed by atoms with Gasteiger partial charge in [0.1, 0.15) is 0 Å². The first-order chi connectivity index (χ1) is 6.95. The largest absolute Gasteiger partial charge is 0.416 e. The zero-order valence-electron chi connectivity index (χ0n) is 8.25. The summed E-state index contributed by atoms with van der Waals surface area (Å²) in [6.45, 7) is 0.216. The molecule has 2 nitrogen and oxygen atoms in total. The number of hydrogen-bond donors (Lipinski definition) is 1. The molecule has 1 rings (SSSR count). The van der Waals surface area contributed by atoms with E-state index in [0.29, 0.717) is 12.2 Å². The van der Waals surface area contributed by atoms with Gasteiger partial charge in [0.2, 0.25) is 0 Å². The molecule has 84 valence electrons. The molecule has 0 saturated carbocycles. The molecule has 0 aliphatic heterocycles. The van der Waals surface area contributed by atoms with Crippen LogP contribution in [-0.2, 0) is 6.18 Å². The fourth-order valence-corrected chi connectivity index (χ4v) is 1.20. The summed E-state index contributed by atoms with van der Waals surface area (Å²) in [4.78, 5) is 1.56. The van der Waals surface area contributed by atoms with Crippen molar-refractivity contribution < 1.29 is 18.3 Å². The van der Waals surface area contributed by atoms with Crippen molar-refractivity contribution in [2.24, 2.45) is 0 Å². The van der Waals surface area contributed by atoms with Crippen LogP contribution in [0.15, 0.2) is 24.3 Å². The van der Waals surface area contributed by atoms with Gasteiger partial charge in [-0.3, -0.25) is 0 Å². The number of rotatable bonds is 3. The Morgan fingerprint density at radius 1 is 1.33 bits per heavy atom. The highest BCUT2D eigenvalue weighted by molar-refractivity contribution is 5.48. The van der Waals surface area contributed by atoms with Crippen molar-refractivity contribution in [3.05, 3.63) is 29.8 Å². The third kappa shape index (κ3) is 3.13. The summed E-state index contributed by atoms with van der Waals surface area (Å²) in [5.74, 6) is 0. The van der Waals surface area contributed by atoms with E-state index < -0.39 is 11.7 Å². The number of hydrogen-bond acceptors (Lipinski definition) is 2. The molecule has 1 aromatic rings. The van der Waals surface area contributed by atoms with Crippen molar-refractivity contribution in [3.63, 3.8) is 0 Å². The maximum atomic E-state index is 12.3. The number of nitrogens with zero attached hydrogens (tertiary/aromatic N) is 1. The van der Waals surface area contributed by atoms with Crippen molar-refractivity contribution >= 4 is 5.69 Å². The molecule has 0 saturated heterocycles. The van der Waals surface area contributed by atoms with Crippen molar-refractivity contribution in [3.8, 4) is 0 Å². The van der Waals surface area contributed by atoms with Gasteiger partial charge in [0.05, 0.1) is 12.2 Å². The quantitative estimate of drug-likeness (QED) is 0.841. The molecule has 15 heavy (non-hydrogen) atoms. The molecule has 0 aromatic heterocycles. The minimum Gasteiger partial charge on any atom is -0.395 e. The van der Waals surface area contributed by atoms with Crippen molar-refractivity contribution in [1.29, 1.82) is 0 Å². The van der Waals surface area contributed by atoms with Gasteiger partial charge in [0, 0.05) is 19.3 Å². The predicted molar refractivity (Wildman–Crippen MR) is 51.8 cm³/mol. The highest BCUT2D eigenvalue weighted by atomic mass is 19.4. The van der Waals surface area contributed by atoms with E-state index >= 15 is 0 Å². The highest BCUT2D eigenvalue weighted by Gasteiger charge is 2.30. The Kier molecular flexibility index (Phi) is 3.57. The zero-order valence-corrected chi connectivity index (χ0v) is 8.25. The maximum absolute atomic E-state index is 12.3. The van der Waals surface area contributed by atoms with Gasteiger partial charge < -0.3 is 10.0 Å². The fourth-order valence-electron chi connectivity index (χ4n) is 1.20. The van der Waals surface area contributed by atoms with E-state index in [4.69, 9.17) is 5.11 Å². The Bertz CT molecular complexity index is 325. The number of aliphatic hydroxyl groups is 1. The van der Waals surface area contributed by atoms with Crippen LogP contribution in [0.3, 0.4) is 0 Å². The van der Waals surface area contributed by atoms with Gasteiger partial charge in [-0.05, 0) is 18.2 Å². The molecule has 0 radical (unpaired) electrons. The minimum atomic E-state index is -4.32. The van der Waals surface area contributed by atoms with Gasteiger partial charge in [0.15, 0.2) is 0 Å². The van der Waals surface area contributed by atoms with E-state index in [1.807, 2.05) is 0 Å². The van der Waals surface area contributed by atoms with Crippen LogP contribution in [-0.4, -0.2) is 25.3 Å². The van der Waals surface area contributed by atoms with E-state index in [2.05, 4.69) is 0 Å². The summed E-state index contributed by atoms with van der Waals surface area (Å²) >= 11 is 0. The first kappa shape index (κ1) is 11.8. The molecule has 1 N–H and O–H groups in total. The molecule has 0 aliphatic rings. The summed E-state index contributed by atoms with van der Waals surface area (Å²) in [7, 11) is 1.63. The summed E-state index contributed by atoms with van der Waals surface area (Å²) in [5, 5.41) is 8.66. The minimum absolute atomic E-state index is 0.0905. The normalized spacial score (nSPS) is 11.5. The molecule has 0 spiro atoms. The summed E-state index contributed by atoms with van der Waals surface area (Å²) < 4.78 is 37.0. The molecule has 1 aromatic carbocycles. The van der Waals surface area contributed by atoms with Gasteiger partial charge >= 0.3 is 6.18 Å². The Balaban J connectivity index is 2.92. The van der Waals surface area contributed by atoms with Gasteiger partial charge in [-0.1, -0.05) is 6.07 Å². The van der Waals surface area contributed by atoms with Gasteiger partial charge in [-0.25, -0.2) is 0 Å². The van der Waals surface area contributed by atoms with Crippen LogP contribution in [0.4, 0.5) is 18.9 Å². The standard InChI is InChI=1S/C10H12F3NO/c1-14(5-6-15)9-4-2-3-8(7-9)10(11,12)13/h2-4,7,15H,5-6H2,1H3. The summed E-state index contributed by atoms with van der Waals surface area (Å²) in [6, 6.07) is 5.02. The second kappa shape index (κ2) is 4.53. The molecular formula is C10H12F3NO. The van der Waals surface area contributed by atoms with Gasteiger partial charge in [-0.15, -0.1) is 0 Å². The van der Waals surface area contributed by atoms with Crippen molar-refractivity contribution in [2.75, 3.05) is 25.1 Å². The molecule has 5 heteroatoms. The monoisotopic (exact) mass is 219 g/mol. The Morgan fingerprint density at radius 3 is 2.53 bits per heavy atom. The molecule has 0 unspecified atom stereocenters. The molecular weight excluding hydrogens is 207 g/mol. The van der Waals surface area contributed by atoms with Crippen LogP contribution in [0.25, 0.3) is 0 Å². The first-order valence-electron chi connectivity index (χ1n) is 4.44. The lowest BCUT2D eigenvalue weighted by atomic mass is 10.2. The number of aliphatic hydroxyl groups excluding tert-OH is 1. The maximum Gasteiger partial charge on any atom is 0.416 e. The number of anilines is 1. The lowest BCUT2D eigenvalue weighted by molar-refractivity contribution is -0.137. The molecule has 0 fully saturated rings. The molecule has 0 amide bonds. The second-order valence-corrected chi connectivity index (χ2v) is 3.19. The van der Waals surface area contributed by atoms with Crippen LogP contribution in [0, 0.1) is 0 Å². The van der Waals surface area contributed by atoms with E-state index in [0.717, 1.165) is 12.1 Å². The van der Waals surface area contributed by atoms with Crippen molar-refractivity contribution in [2.45, 2.75) is 6.18 Å². The Morgan fingerprint density at radius 2 is 2.00 bits per heavy atom. The Hall–Kier alpha value is -1.23. The van der Waals surface area contributed by atoms with Crippen molar-refractivity contribution in [1.82, 2.24) is 0 Å². The predicted octanol–water partition coefficient (Wildman–Crippen LogP) is 2.13. The first-order valence-corrected chi connectivity index (χ1v) is 4.44. The average Bonchev–Trinajstić information content (AvgIpc) is 2.17. The van der Waals surface area contributed by atoms with E-state index in [1.54, 1.807) is 18.0 Å². The van der Waals surface area contributed by atoms with E-state index in [1.165, 1.54) is 6.07 Å². The molecule has 0 heterocycles. The molecule has 0 atom stereocenters. The Labute approximate surface area is 85.9 Å². The summed E-state index contributed by atoms with van der Waals surface area (Å²) in [5.41, 5.74) is -0.233.